The Morgan fingerprint density at radius 3 is 1.97 bits per heavy atom. The number of nitrogens with zero attached hydrogens (tertiary/aromatic N) is 1. The molecule has 0 bridgehead atoms. The number of hydrogen-bond donors (Lipinski definition) is 4. The Morgan fingerprint density at radius 1 is 0.966 bits per heavy atom. The summed E-state index contributed by atoms with van der Waals surface area (Å²) in [5, 5.41) is 30.8. The molecule has 0 aliphatic rings. The Labute approximate surface area is 174 Å². The summed E-state index contributed by atoms with van der Waals surface area (Å²) in [6.45, 7) is 7.50. The number of hydrogen-bond acceptors (Lipinski definition) is 4. The van der Waals surface area contributed by atoms with Crippen molar-refractivity contribution in [1.82, 2.24) is 5.32 Å². The summed E-state index contributed by atoms with van der Waals surface area (Å²) in [6.07, 6.45) is 6.89. The maximum absolute atomic E-state index is 12.0. The van der Waals surface area contributed by atoms with Gasteiger partial charge in [0.1, 0.15) is 6.54 Å². The van der Waals surface area contributed by atoms with Gasteiger partial charge < -0.3 is 25.1 Å². The second kappa shape index (κ2) is 15.0. The Balaban J connectivity index is 4.93. The van der Waals surface area contributed by atoms with Gasteiger partial charge in [0.2, 0.25) is 5.91 Å². The maximum Gasteiger partial charge on any atom is 0.306 e. The Kier molecular flexibility index (Phi) is 14.0. The van der Waals surface area contributed by atoms with Crippen molar-refractivity contribution in [2.75, 3.05) is 39.3 Å². The molecule has 2 atom stereocenters. The first-order valence-electron chi connectivity index (χ1n) is 10.5. The number of aliphatic hydroxyl groups excluding tert-OH is 1. The number of carboxylic acids is 2. The summed E-state index contributed by atoms with van der Waals surface area (Å²) in [5.74, 6) is -2.83. The van der Waals surface area contributed by atoms with Crippen LogP contribution in [-0.2, 0) is 14.4 Å². The van der Waals surface area contributed by atoms with Crippen LogP contribution in [0.4, 0.5) is 0 Å². The molecule has 8 nitrogen and oxygen atoms in total. The van der Waals surface area contributed by atoms with E-state index in [1.165, 1.54) is 0 Å². The van der Waals surface area contributed by atoms with E-state index in [0.717, 1.165) is 12.8 Å². The van der Waals surface area contributed by atoms with Crippen LogP contribution in [0.3, 0.4) is 0 Å². The molecule has 4 N–H and O–H groups in total. The molecule has 29 heavy (non-hydrogen) atoms. The van der Waals surface area contributed by atoms with E-state index in [1.54, 1.807) is 13.8 Å². The highest BCUT2D eigenvalue weighted by Gasteiger charge is 2.30. The second-order valence-electron chi connectivity index (χ2n) is 7.83. The average Bonchev–Trinajstić information content (AvgIpc) is 2.67. The second-order valence-corrected chi connectivity index (χ2v) is 7.83. The number of rotatable bonds is 17. The molecule has 0 fully saturated rings. The first-order valence-corrected chi connectivity index (χ1v) is 10.5. The lowest BCUT2D eigenvalue weighted by atomic mass is 10.0. The van der Waals surface area contributed by atoms with Crippen LogP contribution in [-0.4, -0.2) is 77.0 Å². The van der Waals surface area contributed by atoms with Crippen LogP contribution in [0.5, 0.6) is 0 Å². The molecule has 0 rings (SSSR count). The molecule has 0 aromatic heterocycles. The van der Waals surface area contributed by atoms with Gasteiger partial charge >= 0.3 is 11.9 Å². The number of quaternary nitrogens is 1. The van der Waals surface area contributed by atoms with E-state index in [4.69, 9.17) is 0 Å². The molecule has 0 aliphatic heterocycles. The molecule has 1 amide bonds. The van der Waals surface area contributed by atoms with Gasteiger partial charge in [-0.1, -0.05) is 26.0 Å². The van der Waals surface area contributed by atoms with Crippen molar-refractivity contribution >= 4 is 17.8 Å². The van der Waals surface area contributed by atoms with Crippen molar-refractivity contribution in [1.29, 1.82) is 0 Å². The molecule has 0 aromatic rings. The third kappa shape index (κ3) is 12.3. The summed E-state index contributed by atoms with van der Waals surface area (Å²) in [7, 11) is 0. The minimum Gasteiger partial charge on any atom is -0.481 e. The molecule has 0 aliphatic carbocycles. The maximum atomic E-state index is 12.0. The molecule has 2 unspecified atom stereocenters. The lowest BCUT2D eigenvalue weighted by molar-refractivity contribution is -0.928. The van der Waals surface area contributed by atoms with E-state index >= 15 is 0 Å². The minimum atomic E-state index is -0.875. The third-order valence-corrected chi connectivity index (χ3v) is 5.41. The monoisotopic (exact) mass is 415 g/mol. The van der Waals surface area contributed by atoms with E-state index in [1.807, 2.05) is 19.1 Å². The van der Waals surface area contributed by atoms with Gasteiger partial charge in [0.05, 0.1) is 44.6 Å². The first-order chi connectivity index (χ1) is 13.7. The highest BCUT2D eigenvalue weighted by atomic mass is 16.4. The number of nitrogens with one attached hydrogen (secondary N) is 1. The zero-order chi connectivity index (χ0) is 22.3. The number of allylic oxidation sites excluding steroid dienone is 2. The minimum absolute atomic E-state index is 0.0330. The number of unbranched alkanes of at least 4 members (excludes halogenated alkanes) is 1. The van der Waals surface area contributed by atoms with E-state index in [2.05, 4.69) is 5.32 Å². The summed E-state index contributed by atoms with van der Waals surface area (Å²) >= 11 is 0. The molecular weight excluding hydrogens is 376 g/mol. The lowest BCUT2D eigenvalue weighted by Gasteiger charge is -2.39. The van der Waals surface area contributed by atoms with Crippen molar-refractivity contribution in [2.45, 2.75) is 52.9 Å². The van der Waals surface area contributed by atoms with Gasteiger partial charge in [0, 0.05) is 19.3 Å². The molecule has 8 heteroatoms. The summed E-state index contributed by atoms with van der Waals surface area (Å²) < 4.78 is 0.393. The molecule has 0 saturated carbocycles. The fourth-order valence-electron chi connectivity index (χ4n) is 3.13. The van der Waals surface area contributed by atoms with E-state index in [9.17, 15) is 29.7 Å². The molecular formula is C21H39N2O6+. The third-order valence-electron chi connectivity index (χ3n) is 5.41. The van der Waals surface area contributed by atoms with Crippen LogP contribution in [0.1, 0.15) is 52.9 Å². The molecule has 0 heterocycles. The van der Waals surface area contributed by atoms with Crippen molar-refractivity contribution in [2.24, 2.45) is 11.8 Å². The zero-order valence-corrected chi connectivity index (χ0v) is 18.1. The molecule has 0 aromatic carbocycles. The summed E-state index contributed by atoms with van der Waals surface area (Å²) in [6, 6.07) is 0. The number of carbonyl (C=O) groups excluding carboxylic acids is 1. The van der Waals surface area contributed by atoms with Crippen LogP contribution < -0.4 is 5.32 Å². The fraction of sp³-hybridized carbons (Fsp3) is 0.762. The highest BCUT2D eigenvalue weighted by Crippen LogP contribution is 2.16. The van der Waals surface area contributed by atoms with Gasteiger partial charge in [0.25, 0.3) is 0 Å². The predicted octanol–water partition coefficient (Wildman–Crippen LogP) is 1.88. The number of carboxylic acid groups (broad SMARTS) is 2. The predicted molar refractivity (Wildman–Crippen MR) is 111 cm³/mol. The zero-order valence-electron chi connectivity index (χ0n) is 18.1. The van der Waals surface area contributed by atoms with E-state index < -0.39 is 23.8 Å². The van der Waals surface area contributed by atoms with Crippen molar-refractivity contribution in [3.63, 3.8) is 0 Å². The van der Waals surface area contributed by atoms with Gasteiger partial charge in [0.15, 0.2) is 0 Å². The molecule has 0 saturated heterocycles. The lowest BCUT2D eigenvalue weighted by Crippen LogP contribution is -2.55. The normalized spacial score (nSPS) is 15.6. The van der Waals surface area contributed by atoms with Gasteiger partial charge in [-0.3, -0.25) is 14.4 Å². The summed E-state index contributed by atoms with van der Waals surface area (Å²) in [4.78, 5) is 34.4. The number of carbonyl (C=O) groups is 3. The van der Waals surface area contributed by atoms with Gasteiger partial charge in [-0.2, -0.15) is 0 Å². The van der Waals surface area contributed by atoms with Crippen molar-refractivity contribution in [3.05, 3.63) is 12.2 Å². The van der Waals surface area contributed by atoms with Crippen LogP contribution in [0.15, 0.2) is 12.2 Å². The smallest absolute Gasteiger partial charge is 0.306 e. The van der Waals surface area contributed by atoms with E-state index in [-0.39, 0.29) is 12.5 Å². The largest absolute Gasteiger partial charge is 0.481 e. The fourth-order valence-corrected chi connectivity index (χ4v) is 3.13. The summed E-state index contributed by atoms with van der Waals surface area (Å²) in [5.41, 5.74) is 0. The van der Waals surface area contributed by atoms with Gasteiger partial charge in [-0.05, 0) is 19.8 Å². The standard InChI is InChI=1S/C21H38N2O6/c1-4-5-6-7-8-19(25)22-11-14-23(15-16-24,12-9-17(2)20(26)27)13-10-18(3)21(28)29/h4-5,17-18,24H,6-16H2,1-3H3,(H2-,22,25,26,27,28,29)/p+1/b5-4+. The quantitative estimate of drug-likeness (QED) is 0.163. The van der Waals surface area contributed by atoms with E-state index in [0.29, 0.717) is 56.5 Å². The van der Waals surface area contributed by atoms with Crippen LogP contribution in [0.25, 0.3) is 0 Å². The highest BCUT2D eigenvalue weighted by molar-refractivity contribution is 5.75. The van der Waals surface area contributed by atoms with Gasteiger partial charge in [-0.15, -0.1) is 0 Å². The van der Waals surface area contributed by atoms with Crippen LogP contribution in [0.2, 0.25) is 0 Å². The molecule has 0 spiro atoms. The number of amides is 1. The molecule has 0 radical (unpaired) electrons. The first kappa shape index (κ1) is 27.1. The Morgan fingerprint density at radius 2 is 1.52 bits per heavy atom. The van der Waals surface area contributed by atoms with Gasteiger partial charge in [-0.25, -0.2) is 0 Å². The Hall–Kier alpha value is -1.93. The molecule has 168 valence electrons. The topological polar surface area (TPSA) is 124 Å². The Bertz CT molecular complexity index is 511. The average molecular weight is 416 g/mol. The van der Waals surface area contributed by atoms with Crippen LogP contribution >= 0.6 is 0 Å². The SMILES string of the molecule is C/C=C/CCCC(=O)NCC[N+](CCO)(CCC(C)C(=O)O)CCC(C)C(=O)O. The number of aliphatic hydroxyl groups is 1. The van der Waals surface area contributed by atoms with Crippen LogP contribution in [0, 0.1) is 11.8 Å². The number of aliphatic carboxylic acids is 2. The van der Waals surface area contributed by atoms with Crippen molar-refractivity contribution < 1.29 is 34.2 Å². The van der Waals surface area contributed by atoms with Crippen molar-refractivity contribution in [3.8, 4) is 0 Å².